The number of nitrogens with one attached hydrogen (secondary N) is 1. The number of esters is 1. The summed E-state index contributed by atoms with van der Waals surface area (Å²) < 4.78 is 4.56. The Hall–Kier alpha value is -2.95. The van der Waals surface area contributed by atoms with E-state index in [0.29, 0.717) is 29.7 Å². The average Bonchev–Trinajstić information content (AvgIpc) is 2.66. The largest absolute Gasteiger partial charge is 0.469 e. The van der Waals surface area contributed by atoms with Gasteiger partial charge in [0.25, 0.3) is 5.91 Å². The molecule has 26 heavy (non-hydrogen) atoms. The van der Waals surface area contributed by atoms with E-state index >= 15 is 0 Å². The number of carbonyl (C=O) groups excluding carboxylic acids is 3. The number of carbonyl (C=O) groups is 3. The van der Waals surface area contributed by atoms with Gasteiger partial charge in [-0.1, -0.05) is 30.3 Å². The first-order valence-corrected chi connectivity index (χ1v) is 8.50. The molecule has 0 aromatic heterocycles. The van der Waals surface area contributed by atoms with Gasteiger partial charge in [-0.05, 0) is 43.5 Å². The smallest absolute Gasteiger partial charge is 0.305 e. The molecule has 5 heteroatoms. The minimum absolute atomic E-state index is 0.187. The number of amides is 1. The van der Waals surface area contributed by atoms with Crippen molar-refractivity contribution in [1.82, 2.24) is 5.32 Å². The number of rotatable bonds is 7. The Morgan fingerprint density at radius 1 is 0.962 bits per heavy atom. The van der Waals surface area contributed by atoms with E-state index in [2.05, 4.69) is 10.1 Å². The summed E-state index contributed by atoms with van der Waals surface area (Å²) in [6.45, 7) is 4.27. The fraction of sp³-hybridized carbons (Fsp3) is 0.286. The highest BCUT2D eigenvalue weighted by molar-refractivity contribution is 6.15. The summed E-state index contributed by atoms with van der Waals surface area (Å²) in [5.41, 5.74) is 3.38. The molecule has 0 aliphatic carbocycles. The van der Waals surface area contributed by atoms with E-state index in [1.54, 1.807) is 30.3 Å². The van der Waals surface area contributed by atoms with Gasteiger partial charge in [-0.15, -0.1) is 0 Å². The van der Waals surface area contributed by atoms with Gasteiger partial charge in [-0.3, -0.25) is 14.4 Å². The van der Waals surface area contributed by atoms with Crippen LogP contribution in [-0.4, -0.2) is 31.3 Å². The van der Waals surface area contributed by atoms with Gasteiger partial charge in [0, 0.05) is 24.1 Å². The standard InChI is InChI=1S/C21H23NO4/c1-14-10-11-16(13-15(14)2)20(24)17-7-4-5-8-18(17)21(25)22-12-6-9-19(23)26-3/h4-5,7-8,10-11,13H,6,9,12H2,1-3H3,(H,22,25). The molecule has 0 radical (unpaired) electrons. The zero-order valence-corrected chi connectivity index (χ0v) is 15.3. The molecule has 2 rings (SSSR count). The van der Waals surface area contributed by atoms with E-state index in [1.807, 2.05) is 26.0 Å². The third kappa shape index (κ3) is 4.79. The van der Waals surface area contributed by atoms with Crippen LogP contribution in [0.25, 0.3) is 0 Å². The molecule has 0 aliphatic heterocycles. The van der Waals surface area contributed by atoms with E-state index < -0.39 is 0 Å². The van der Waals surface area contributed by atoms with Crippen molar-refractivity contribution in [3.63, 3.8) is 0 Å². The number of hydrogen-bond acceptors (Lipinski definition) is 4. The van der Waals surface area contributed by atoms with E-state index in [0.717, 1.165) is 11.1 Å². The van der Waals surface area contributed by atoms with Crippen molar-refractivity contribution in [2.24, 2.45) is 0 Å². The van der Waals surface area contributed by atoms with Crippen molar-refractivity contribution in [1.29, 1.82) is 0 Å². The topological polar surface area (TPSA) is 72.5 Å². The lowest BCUT2D eigenvalue weighted by Crippen LogP contribution is -2.27. The first kappa shape index (κ1) is 19.4. The van der Waals surface area contributed by atoms with Crippen molar-refractivity contribution >= 4 is 17.7 Å². The maximum absolute atomic E-state index is 12.9. The third-order valence-corrected chi connectivity index (χ3v) is 4.26. The number of aryl methyl sites for hydroxylation is 2. The highest BCUT2D eigenvalue weighted by atomic mass is 16.5. The molecule has 0 unspecified atom stereocenters. The monoisotopic (exact) mass is 353 g/mol. The molecule has 0 aliphatic rings. The van der Waals surface area contributed by atoms with Crippen molar-refractivity contribution in [2.45, 2.75) is 26.7 Å². The fourth-order valence-corrected chi connectivity index (χ4v) is 2.55. The van der Waals surface area contributed by atoms with Crippen LogP contribution in [-0.2, 0) is 9.53 Å². The zero-order chi connectivity index (χ0) is 19.1. The van der Waals surface area contributed by atoms with Crippen LogP contribution in [0.4, 0.5) is 0 Å². The lowest BCUT2D eigenvalue weighted by molar-refractivity contribution is -0.140. The molecule has 0 saturated carbocycles. The van der Waals surface area contributed by atoms with Gasteiger partial charge in [0.15, 0.2) is 5.78 Å². The Kier molecular flexibility index (Phi) is 6.67. The first-order chi connectivity index (χ1) is 12.4. The third-order valence-electron chi connectivity index (χ3n) is 4.26. The molecular formula is C21H23NO4. The van der Waals surface area contributed by atoms with Crippen molar-refractivity contribution in [2.75, 3.05) is 13.7 Å². The van der Waals surface area contributed by atoms with Crippen molar-refractivity contribution < 1.29 is 19.1 Å². The van der Waals surface area contributed by atoms with E-state index in [9.17, 15) is 14.4 Å². The summed E-state index contributed by atoms with van der Waals surface area (Å²) in [5, 5.41) is 2.75. The minimum Gasteiger partial charge on any atom is -0.469 e. The van der Waals surface area contributed by atoms with Crippen LogP contribution in [0, 0.1) is 13.8 Å². The summed E-state index contributed by atoms with van der Waals surface area (Å²) in [6.07, 6.45) is 0.714. The Morgan fingerprint density at radius 2 is 1.65 bits per heavy atom. The van der Waals surface area contributed by atoms with Gasteiger partial charge in [0.2, 0.25) is 0 Å². The quantitative estimate of drug-likeness (QED) is 0.471. The highest BCUT2D eigenvalue weighted by Gasteiger charge is 2.18. The predicted molar refractivity (Wildman–Crippen MR) is 99.4 cm³/mol. The maximum Gasteiger partial charge on any atom is 0.305 e. The Morgan fingerprint density at radius 3 is 2.31 bits per heavy atom. The number of benzene rings is 2. The molecule has 1 amide bonds. The van der Waals surface area contributed by atoms with E-state index in [-0.39, 0.29) is 24.1 Å². The number of methoxy groups -OCH3 is 1. The molecule has 2 aromatic carbocycles. The lowest BCUT2D eigenvalue weighted by atomic mass is 9.95. The van der Waals surface area contributed by atoms with Gasteiger partial charge in [0.1, 0.15) is 0 Å². The summed E-state index contributed by atoms with van der Waals surface area (Å²) >= 11 is 0. The van der Waals surface area contributed by atoms with Crippen LogP contribution in [0.2, 0.25) is 0 Å². The zero-order valence-electron chi connectivity index (χ0n) is 15.3. The maximum atomic E-state index is 12.9. The number of ether oxygens (including phenoxy) is 1. The normalized spacial score (nSPS) is 10.3. The highest BCUT2D eigenvalue weighted by Crippen LogP contribution is 2.17. The first-order valence-electron chi connectivity index (χ1n) is 8.50. The van der Waals surface area contributed by atoms with Crippen LogP contribution in [0.3, 0.4) is 0 Å². The van der Waals surface area contributed by atoms with Gasteiger partial charge < -0.3 is 10.1 Å². The number of ketones is 1. The van der Waals surface area contributed by atoms with Crippen LogP contribution in [0.5, 0.6) is 0 Å². The molecule has 2 aromatic rings. The SMILES string of the molecule is COC(=O)CCCNC(=O)c1ccccc1C(=O)c1ccc(C)c(C)c1. The van der Waals surface area contributed by atoms with Gasteiger partial charge in [-0.25, -0.2) is 0 Å². The summed E-state index contributed by atoms with van der Waals surface area (Å²) in [7, 11) is 1.33. The Bertz CT molecular complexity index is 827. The lowest BCUT2D eigenvalue weighted by Gasteiger charge is -2.10. The molecule has 1 N–H and O–H groups in total. The summed E-state index contributed by atoms with van der Waals surface area (Å²) in [4.78, 5) is 36.4. The Labute approximate surface area is 153 Å². The molecule has 0 fully saturated rings. The molecule has 0 spiro atoms. The van der Waals surface area contributed by atoms with Gasteiger partial charge >= 0.3 is 5.97 Å². The predicted octanol–water partition coefficient (Wildman–Crippen LogP) is 3.22. The second-order valence-electron chi connectivity index (χ2n) is 6.11. The molecule has 0 saturated heterocycles. The molecular weight excluding hydrogens is 330 g/mol. The van der Waals surface area contributed by atoms with Gasteiger partial charge in [0.05, 0.1) is 12.7 Å². The van der Waals surface area contributed by atoms with Crippen LogP contribution in [0.15, 0.2) is 42.5 Å². The molecule has 0 heterocycles. The summed E-state index contributed by atoms with van der Waals surface area (Å²) in [5.74, 6) is -0.833. The van der Waals surface area contributed by atoms with Crippen molar-refractivity contribution in [3.05, 3.63) is 70.3 Å². The number of hydrogen-bond donors (Lipinski definition) is 1. The van der Waals surface area contributed by atoms with E-state index in [4.69, 9.17) is 0 Å². The van der Waals surface area contributed by atoms with Crippen molar-refractivity contribution in [3.8, 4) is 0 Å². The molecule has 0 bridgehead atoms. The fourth-order valence-electron chi connectivity index (χ4n) is 2.55. The van der Waals surface area contributed by atoms with Gasteiger partial charge in [-0.2, -0.15) is 0 Å². The minimum atomic E-state index is -0.331. The van der Waals surface area contributed by atoms with Crippen LogP contribution < -0.4 is 5.32 Å². The second-order valence-corrected chi connectivity index (χ2v) is 6.11. The van der Waals surface area contributed by atoms with E-state index in [1.165, 1.54) is 7.11 Å². The van der Waals surface area contributed by atoms with Crippen LogP contribution in [0.1, 0.15) is 50.2 Å². The summed E-state index contributed by atoms with van der Waals surface area (Å²) in [6, 6.07) is 12.3. The average molecular weight is 353 g/mol. The second kappa shape index (κ2) is 8.94. The molecule has 5 nitrogen and oxygen atoms in total. The molecule has 136 valence electrons. The molecule has 0 atom stereocenters. The Balaban J connectivity index is 2.13. The van der Waals surface area contributed by atoms with Crippen LogP contribution >= 0.6 is 0 Å².